The maximum Gasteiger partial charge on any atom is 0.227 e. The van der Waals surface area contributed by atoms with E-state index in [2.05, 4.69) is 76.1 Å². The summed E-state index contributed by atoms with van der Waals surface area (Å²) >= 11 is 0. The maximum absolute atomic E-state index is 5.76. The second kappa shape index (κ2) is 8.47. The van der Waals surface area contributed by atoms with Crippen LogP contribution in [-0.4, -0.2) is 45.5 Å². The molecule has 5 rings (SSSR count). The average Bonchev–Trinajstić information content (AvgIpc) is 3.21. The minimum Gasteiger partial charge on any atom is -0.375 e. The summed E-state index contributed by atoms with van der Waals surface area (Å²) in [5.41, 5.74) is 4.35. The van der Waals surface area contributed by atoms with Crippen molar-refractivity contribution in [3.05, 3.63) is 71.9 Å². The second-order valence-corrected chi connectivity index (χ2v) is 8.17. The molecule has 1 fully saturated rings. The van der Waals surface area contributed by atoms with Gasteiger partial charge in [-0.15, -0.1) is 10.2 Å². The van der Waals surface area contributed by atoms with Gasteiger partial charge in [0.1, 0.15) is 0 Å². The summed E-state index contributed by atoms with van der Waals surface area (Å²) < 4.78 is 8.03. The van der Waals surface area contributed by atoms with Crippen molar-refractivity contribution in [1.29, 1.82) is 0 Å². The van der Waals surface area contributed by atoms with E-state index in [1.165, 1.54) is 5.56 Å². The molecule has 3 heterocycles. The van der Waals surface area contributed by atoms with E-state index >= 15 is 0 Å². The number of aryl methyl sites for hydroxylation is 2. The molecule has 0 amide bonds. The maximum atomic E-state index is 5.76. The van der Waals surface area contributed by atoms with Crippen LogP contribution in [0.4, 0.5) is 5.95 Å². The van der Waals surface area contributed by atoms with Crippen molar-refractivity contribution in [3.63, 3.8) is 0 Å². The highest BCUT2D eigenvalue weighted by molar-refractivity contribution is 5.93. The van der Waals surface area contributed by atoms with E-state index in [0.29, 0.717) is 6.61 Å². The fraction of sp³-hybridized carbons (Fsp3) is 0.320. The van der Waals surface area contributed by atoms with E-state index in [4.69, 9.17) is 14.8 Å². The molecule has 0 saturated carbocycles. The number of nitrogens with zero attached hydrogens (tertiary/aromatic N) is 5. The highest BCUT2D eigenvalue weighted by Crippen LogP contribution is 2.30. The first-order chi connectivity index (χ1) is 15.2. The lowest BCUT2D eigenvalue weighted by molar-refractivity contribution is 0.0524. The van der Waals surface area contributed by atoms with Gasteiger partial charge in [0.15, 0.2) is 5.82 Å². The van der Waals surface area contributed by atoms with Crippen LogP contribution >= 0.6 is 0 Å². The number of fused-ring (bicyclic) bond motifs is 1. The summed E-state index contributed by atoms with van der Waals surface area (Å²) in [6, 6.07) is 21.0. The predicted molar refractivity (Wildman–Crippen MR) is 123 cm³/mol. The molecule has 6 nitrogen and oxygen atoms in total. The fourth-order valence-corrected chi connectivity index (χ4v) is 4.31. The topological polar surface area (TPSA) is 56.1 Å². The number of ether oxygens (including phenoxy) is 1. The minimum atomic E-state index is 0.181. The molecule has 1 unspecified atom stereocenters. The number of anilines is 1. The molecule has 2 aromatic carbocycles. The number of aromatic nitrogens is 4. The molecule has 1 saturated heterocycles. The molecular formula is C25H27N5O. The molecule has 158 valence electrons. The van der Waals surface area contributed by atoms with Gasteiger partial charge in [-0.05, 0) is 38.0 Å². The van der Waals surface area contributed by atoms with Crippen molar-refractivity contribution >= 4 is 16.9 Å². The van der Waals surface area contributed by atoms with Gasteiger partial charge in [0.25, 0.3) is 0 Å². The predicted octanol–water partition coefficient (Wildman–Crippen LogP) is 4.27. The van der Waals surface area contributed by atoms with Crippen molar-refractivity contribution < 1.29 is 4.74 Å². The third-order valence-electron chi connectivity index (χ3n) is 5.81. The van der Waals surface area contributed by atoms with Crippen LogP contribution in [0.1, 0.15) is 18.2 Å². The van der Waals surface area contributed by atoms with Crippen LogP contribution < -0.4 is 4.90 Å². The zero-order valence-electron chi connectivity index (χ0n) is 18.0. The molecule has 4 aromatic rings. The Morgan fingerprint density at radius 1 is 1.03 bits per heavy atom. The van der Waals surface area contributed by atoms with Crippen molar-refractivity contribution in [3.8, 4) is 11.4 Å². The molecule has 0 bridgehead atoms. The number of pyridine rings is 1. The first-order valence-electron chi connectivity index (χ1n) is 10.9. The highest BCUT2D eigenvalue weighted by atomic mass is 16.5. The quantitative estimate of drug-likeness (QED) is 0.489. The molecule has 31 heavy (non-hydrogen) atoms. The third-order valence-corrected chi connectivity index (χ3v) is 5.81. The largest absolute Gasteiger partial charge is 0.375 e. The van der Waals surface area contributed by atoms with Crippen LogP contribution in [0, 0.1) is 6.92 Å². The van der Waals surface area contributed by atoms with E-state index in [0.717, 1.165) is 60.0 Å². The van der Waals surface area contributed by atoms with Gasteiger partial charge in [0.05, 0.1) is 18.2 Å². The Kier molecular flexibility index (Phi) is 5.38. The van der Waals surface area contributed by atoms with Crippen molar-refractivity contribution in [1.82, 2.24) is 19.7 Å². The average molecular weight is 414 g/mol. The van der Waals surface area contributed by atoms with Crippen LogP contribution in [0.3, 0.4) is 0 Å². The molecule has 0 spiro atoms. The Hall–Kier alpha value is -3.25. The number of hydrogen-bond donors (Lipinski definition) is 0. The zero-order chi connectivity index (χ0) is 21.2. The van der Waals surface area contributed by atoms with E-state index in [-0.39, 0.29) is 6.10 Å². The fourth-order valence-electron chi connectivity index (χ4n) is 4.31. The number of para-hydroxylation sites is 1. The van der Waals surface area contributed by atoms with Gasteiger partial charge in [0, 0.05) is 36.3 Å². The molecule has 1 aliphatic rings. The van der Waals surface area contributed by atoms with Crippen LogP contribution in [0.5, 0.6) is 0 Å². The van der Waals surface area contributed by atoms with Crippen LogP contribution in [0.2, 0.25) is 0 Å². The van der Waals surface area contributed by atoms with Crippen LogP contribution in [-0.2, 0) is 17.7 Å². The van der Waals surface area contributed by atoms with Gasteiger partial charge in [0.2, 0.25) is 5.95 Å². The number of hydrogen-bond acceptors (Lipinski definition) is 5. The Morgan fingerprint density at radius 2 is 1.84 bits per heavy atom. The van der Waals surface area contributed by atoms with Crippen LogP contribution in [0.15, 0.2) is 60.7 Å². The van der Waals surface area contributed by atoms with E-state index in [9.17, 15) is 0 Å². The lowest BCUT2D eigenvalue weighted by Crippen LogP contribution is -2.42. The summed E-state index contributed by atoms with van der Waals surface area (Å²) in [7, 11) is 0. The van der Waals surface area contributed by atoms with E-state index in [1.807, 2.05) is 13.0 Å². The van der Waals surface area contributed by atoms with Gasteiger partial charge in [-0.2, -0.15) is 0 Å². The van der Waals surface area contributed by atoms with Crippen LogP contribution in [0.25, 0.3) is 22.3 Å². The molecule has 1 atom stereocenters. The molecular weight excluding hydrogens is 386 g/mol. The SMILES string of the molecule is Cc1cc(-c2nnc(N3CCOC(C)C3)n2CCc2ccccc2)c2ccccc2n1. The molecule has 6 heteroatoms. The molecule has 0 aliphatic carbocycles. The van der Waals surface area contributed by atoms with E-state index < -0.39 is 0 Å². The lowest BCUT2D eigenvalue weighted by Gasteiger charge is -2.32. The number of rotatable bonds is 5. The standard InChI is InChI=1S/C25H27N5O/c1-18-16-22(21-10-6-7-11-23(21)26-18)24-27-28-25(29-14-15-31-19(2)17-29)30(24)13-12-20-8-4-3-5-9-20/h3-11,16,19H,12-15,17H2,1-2H3. The lowest BCUT2D eigenvalue weighted by atomic mass is 10.1. The molecule has 2 aromatic heterocycles. The Morgan fingerprint density at radius 3 is 2.68 bits per heavy atom. The Bertz CT molecular complexity index is 1190. The summed E-state index contributed by atoms with van der Waals surface area (Å²) in [4.78, 5) is 7.00. The van der Waals surface area contributed by atoms with Gasteiger partial charge in [-0.25, -0.2) is 0 Å². The smallest absolute Gasteiger partial charge is 0.227 e. The zero-order valence-corrected chi connectivity index (χ0v) is 18.0. The summed E-state index contributed by atoms with van der Waals surface area (Å²) in [5.74, 6) is 1.81. The van der Waals surface area contributed by atoms with Crippen molar-refractivity contribution in [2.75, 3.05) is 24.6 Å². The summed E-state index contributed by atoms with van der Waals surface area (Å²) in [5, 5.41) is 10.5. The summed E-state index contributed by atoms with van der Waals surface area (Å²) in [6.45, 7) is 7.30. The molecule has 1 aliphatic heterocycles. The van der Waals surface area contributed by atoms with Crippen molar-refractivity contribution in [2.45, 2.75) is 32.9 Å². The van der Waals surface area contributed by atoms with Crippen molar-refractivity contribution in [2.24, 2.45) is 0 Å². The van der Waals surface area contributed by atoms with Gasteiger partial charge in [-0.1, -0.05) is 48.5 Å². The Labute approximate surface area is 182 Å². The normalized spacial score (nSPS) is 16.7. The first kappa shape index (κ1) is 19.7. The molecule has 0 N–H and O–H groups in total. The van der Waals surface area contributed by atoms with Gasteiger partial charge in [-0.3, -0.25) is 9.55 Å². The Balaban J connectivity index is 1.60. The van der Waals surface area contributed by atoms with Gasteiger partial charge >= 0.3 is 0 Å². The number of morpholine rings is 1. The number of benzene rings is 2. The third kappa shape index (κ3) is 4.03. The highest BCUT2D eigenvalue weighted by Gasteiger charge is 2.24. The second-order valence-electron chi connectivity index (χ2n) is 8.17. The van der Waals surface area contributed by atoms with E-state index in [1.54, 1.807) is 0 Å². The minimum absolute atomic E-state index is 0.181. The summed E-state index contributed by atoms with van der Waals surface area (Å²) in [6.07, 6.45) is 1.10. The van der Waals surface area contributed by atoms with Gasteiger partial charge < -0.3 is 9.64 Å². The monoisotopic (exact) mass is 413 g/mol. The molecule has 0 radical (unpaired) electrons. The first-order valence-corrected chi connectivity index (χ1v) is 10.9.